The zero-order valence-corrected chi connectivity index (χ0v) is 25.5. The number of rotatable bonds is 11. The van der Waals surface area contributed by atoms with Crippen LogP contribution in [0.15, 0.2) is 30.3 Å². The average molecular weight is 629 g/mol. The summed E-state index contributed by atoms with van der Waals surface area (Å²) in [7, 11) is -1.92. The van der Waals surface area contributed by atoms with Crippen LogP contribution in [0.5, 0.6) is 17.2 Å². The summed E-state index contributed by atoms with van der Waals surface area (Å²) in [6.07, 6.45) is -0.333. The fourth-order valence-electron chi connectivity index (χ4n) is 4.50. The van der Waals surface area contributed by atoms with Crippen LogP contribution in [-0.4, -0.2) is 85.4 Å². The Morgan fingerprint density at radius 3 is 2.58 bits per heavy atom. The number of hydrogen-bond acceptors (Lipinski definition) is 10. The number of hydrogen-bond donors (Lipinski definition) is 2. The van der Waals surface area contributed by atoms with Gasteiger partial charge in [0.25, 0.3) is 0 Å². The number of methoxy groups -OCH3 is 1. The van der Waals surface area contributed by atoms with Crippen molar-refractivity contribution in [2.24, 2.45) is 0 Å². The molecule has 3 aromatic rings. The van der Waals surface area contributed by atoms with E-state index >= 15 is 4.39 Å². The summed E-state index contributed by atoms with van der Waals surface area (Å²) in [5, 5.41) is 13.4. The van der Waals surface area contributed by atoms with E-state index in [1.165, 1.54) is 23.5 Å². The monoisotopic (exact) mass is 628 g/mol. The van der Waals surface area contributed by atoms with E-state index in [9.17, 15) is 22.3 Å². The summed E-state index contributed by atoms with van der Waals surface area (Å²) in [4.78, 5) is 8.88. The Morgan fingerprint density at radius 2 is 1.93 bits per heavy atom. The van der Waals surface area contributed by atoms with E-state index in [1.807, 2.05) is 0 Å². The molecule has 0 radical (unpaired) electrons. The Hall–Kier alpha value is -3.40. The van der Waals surface area contributed by atoms with Gasteiger partial charge in [-0.3, -0.25) is 0 Å². The van der Waals surface area contributed by atoms with Crippen LogP contribution in [0, 0.1) is 12.7 Å². The molecule has 11 nitrogen and oxygen atoms in total. The lowest BCUT2D eigenvalue weighted by molar-refractivity contribution is -0.170. The van der Waals surface area contributed by atoms with E-state index in [4.69, 9.17) is 18.9 Å². The highest BCUT2D eigenvalue weighted by atomic mass is 32.2. The lowest BCUT2D eigenvalue weighted by Crippen LogP contribution is -2.47. The van der Waals surface area contributed by atoms with Gasteiger partial charge in [-0.2, -0.15) is 13.1 Å². The van der Waals surface area contributed by atoms with Crippen molar-refractivity contribution < 1.29 is 45.6 Å². The molecule has 236 valence electrons. The maximum atomic E-state index is 15.1. The lowest BCUT2D eigenvalue weighted by atomic mass is 9.93. The number of aryl methyl sites for hydroxylation is 1. The number of sulfonamides is 1. The molecule has 0 saturated carbocycles. The number of nitrogens with zero attached hydrogens (tertiary/aromatic N) is 3. The standard InChI is InChI=1S/C28H35F3N4O7S/c1-16-32-21-13-23(39-5)24(41-15-18-14-35(10-11-40-18)43(6,37)38)12-19(21)26(33-16)34-17(2)42-22-9-7-8-20(25(22)29)28(30,31)27(3,4)36/h7-9,12-13,17-18,36H,10-11,14-15H2,1-6H3,(H,32,33,34)/t17?,18-/m0/s1. The first kappa shape index (κ1) is 32.5. The van der Waals surface area contributed by atoms with Crippen molar-refractivity contribution >= 4 is 26.7 Å². The number of aromatic nitrogens is 2. The van der Waals surface area contributed by atoms with Gasteiger partial charge >= 0.3 is 5.92 Å². The van der Waals surface area contributed by atoms with Crippen LogP contribution in [0.25, 0.3) is 10.9 Å². The summed E-state index contributed by atoms with van der Waals surface area (Å²) < 4.78 is 92.6. The van der Waals surface area contributed by atoms with Gasteiger partial charge in [0.1, 0.15) is 30.0 Å². The van der Waals surface area contributed by atoms with Crippen molar-refractivity contribution in [1.82, 2.24) is 14.3 Å². The molecule has 1 unspecified atom stereocenters. The third-order valence-corrected chi connectivity index (χ3v) is 8.07. The number of alkyl halides is 2. The minimum absolute atomic E-state index is 0.0355. The Labute approximate surface area is 248 Å². The molecule has 15 heteroatoms. The highest BCUT2D eigenvalue weighted by molar-refractivity contribution is 7.88. The molecule has 0 aliphatic carbocycles. The summed E-state index contributed by atoms with van der Waals surface area (Å²) in [6.45, 7) is 5.66. The van der Waals surface area contributed by atoms with E-state index in [2.05, 4.69) is 15.3 Å². The highest BCUT2D eigenvalue weighted by Gasteiger charge is 2.49. The normalized spacial score (nSPS) is 17.5. The van der Waals surface area contributed by atoms with Crippen LogP contribution in [0.1, 0.15) is 32.2 Å². The van der Waals surface area contributed by atoms with E-state index in [1.54, 1.807) is 26.0 Å². The second kappa shape index (κ2) is 12.3. The fourth-order valence-corrected chi connectivity index (χ4v) is 5.34. The first-order valence-electron chi connectivity index (χ1n) is 13.4. The molecule has 1 saturated heterocycles. The average Bonchev–Trinajstić information content (AvgIpc) is 2.91. The van der Waals surface area contributed by atoms with Gasteiger partial charge in [0.05, 0.1) is 31.1 Å². The number of morpholine rings is 1. The largest absolute Gasteiger partial charge is 0.493 e. The number of nitrogens with one attached hydrogen (secondary N) is 1. The third kappa shape index (κ3) is 7.22. The molecular formula is C28H35F3N4O7S. The Bertz CT molecular complexity index is 1580. The van der Waals surface area contributed by atoms with Gasteiger partial charge in [-0.25, -0.2) is 22.8 Å². The van der Waals surface area contributed by atoms with Gasteiger partial charge < -0.3 is 29.4 Å². The topological polar surface area (TPSA) is 132 Å². The predicted molar refractivity (Wildman–Crippen MR) is 153 cm³/mol. The maximum absolute atomic E-state index is 15.1. The van der Waals surface area contributed by atoms with Gasteiger partial charge in [0.2, 0.25) is 10.0 Å². The molecule has 2 N–H and O–H groups in total. The van der Waals surface area contributed by atoms with Crippen molar-refractivity contribution in [2.75, 3.05) is 45.0 Å². The van der Waals surface area contributed by atoms with Crippen LogP contribution in [0.3, 0.4) is 0 Å². The molecule has 0 amide bonds. The van der Waals surface area contributed by atoms with Gasteiger partial charge in [-0.15, -0.1) is 0 Å². The molecule has 0 bridgehead atoms. The summed E-state index contributed by atoms with van der Waals surface area (Å²) in [5.74, 6) is -4.26. The Balaban J connectivity index is 1.58. The zero-order chi connectivity index (χ0) is 31.7. The number of anilines is 1. The fraction of sp³-hybridized carbons (Fsp3) is 0.500. The van der Waals surface area contributed by atoms with E-state index in [0.717, 1.165) is 26.2 Å². The Morgan fingerprint density at radius 1 is 1.21 bits per heavy atom. The van der Waals surface area contributed by atoms with Gasteiger partial charge in [-0.05, 0) is 45.9 Å². The van der Waals surface area contributed by atoms with Crippen LogP contribution < -0.4 is 19.5 Å². The second-order valence-electron chi connectivity index (χ2n) is 10.7. The SMILES string of the molecule is COc1cc2nc(C)nc(NC(C)Oc3cccc(C(F)(F)C(C)(C)O)c3F)c2cc1OC[C@@H]1CN(S(C)(=O)=O)CCO1. The van der Waals surface area contributed by atoms with Gasteiger partial charge in [0, 0.05) is 24.5 Å². The zero-order valence-electron chi connectivity index (χ0n) is 24.7. The summed E-state index contributed by atoms with van der Waals surface area (Å²) in [6, 6.07) is 6.58. The smallest absolute Gasteiger partial charge is 0.303 e. The van der Waals surface area contributed by atoms with Crippen LogP contribution in [0.4, 0.5) is 19.0 Å². The van der Waals surface area contributed by atoms with Crippen LogP contribution in [0.2, 0.25) is 0 Å². The minimum atomic E-state index is -3.88. The van der Waals surface area contributed by atoms with E-state index in [0.29, 0.717) is 28.2 Å². The van der Waals surface area contributed by atoms with Crippen LogP contribution in [-0.2, 0) is 20.7 Å². The van der Waals surface area contributed by atoms with Crippen molar-refractivity contribution in [1.29, 1.82) is 0 Å². The first-order chi connectivity index (χ1) is 20.0. The Kier molecular flexibility index (Phi) is 9.30. The molecule has 1 aliphatic rings. The molecule has 1 fully saturated rings. The van der Waals surface area contributed by atoms with E-state index < -0.39 is 51.0 Å². The molecule has 43 heavy (non-hydrogen) atoms. The molecule has 4 rings (SSSR count). The molecule has 0 spiro atoms. The quantitative estimate of drug-likeness (QED) is 0.302. The van der Waals surface area contributed by atoms with Crippen molar-refractivity contribution in [3.63, 3.8) is 0 Å². The molecular weight excluding hydrogens is 593 g/mol. The van der Waals surface area contributed by atoms with Crippen molar-refractivity contribution in [2.45, 2.75) is 51.6 Å². The molecule has 1 aromatic heterocycles. The summed E-state index contributed by atoms with van der Waals surface area (Å²) >= 11 is 0. The number of aliphatic hydroxyl groups is 1. The van der Waals surface area contributed by atoms with Gasteiger partial charge in [0.15, 0.2) is 29.3 Å². The van der Waals surface area contributed by atoms with E-state index in [-0.39, 0.29) is 32.1 Å². The number of ether oxygens (including phenoxy) is 4. The first-order valence-corrected chi connectivity index (χ1v) is 15.2. The third-order valence-electron chi connectivity index (χ3n) is 6.80. The number of benzene rings is 2. The molecule has 2 aromatic carbocycles. The second-order valence-corrected chi connectivity index (χ2v) is 12.7. The lowest BCUT2D eigenvalue weighted by Gasteiger charge is -2.31. The molecule has 2 heterocycles. The number of halogens is 3. The van der Waals surface area contributed by atoms with Gasteiger partial charge in [-0.1, -0.05) is 6.07 Å². The molecule has 2 atom stereocenters. The maximum Gasteiger partial charge on any atom is 0.303 e. The minimum Gasteiger partial charge on any atom is -0.493 e. The van der Waals surface area contributed by atoms with Crippen molar-refractivity contribution in [3.05, 3.63) is 47.5 Å². The number of fused-ring (bicyclic) bond motifs is 1. The van der Waals surface area contributed by atoms with Crippen molar-refractivity contribution in [3.8, 4) is 17.2 Å². The predicted octanol–water partition coefficient (Wildman–Crippen LogP) is 3.82. The highest BCUT2D eigenvalue weighted by Crippen LogP contribution is 2.42. The molecule has 1 aliphatic heterocycles. The summed E-state index contributed by atoms with van der Waals surface area (Å²) in [5.41, 5.74) is -3.02. The van der Waals surface area contributed by atoms with Crippen LogP contribution >= 0.6 is 0 Å².